The van der Waals surface area contributed by atoms with Gasteiger partial charge in [0.2, 0.25) is 5.91 Å². The average molecular weight is 1100 g/mol. The lowest BCUT2D eigenvalue weighted by atomic mass is 10.0. The van der Waals surface area contributed by atoms with E-state index in [0.29, 0.717) is 25.9 Å². The van der Waals surface area contributed by atoms with Crippen LogP contribution in [0.3, 0.4) is 0 Å². The van der Waals surface area contributed by atoms with Crippen LogP contribution in [0.15, 0.2) is 12.2 Å². The van der Waals surface area contributed by atoms with Crippen LogP contribution < -0.4 is 5.32 Å². The number of rotatable bonds is 68. The lowest BCUT2D eigenvalue weighted by molar-refractivity contribution is -0.143. The van der Waals surface area contributed by atoms with Gasteiger partial charge >= 0.3 is 5.97 Å². The maximum atomic E-state index is 12.5. The number of ether oxygens (including phenoxy) is 1. The zero-order valence-corrected chi connectivity index (χ0v) is 53.2. The largest absolute Gasteiger partial charge is 0.466 e. The van der Waals surface area contributed by atoms with Crippen molar-refractivity contribution in [2.45, 2.75) is 424 Å². The molecule has 6 heteroatoms. The van der Waals surface area contributed by atoms with E-state index in [1.54, 1.807) is 0 Å². The van der Waals surface area contributed by atoms with Crippen molar-refractivity contribution >= 4 is 11.9 Å². The van der Waals surface area contributed by atoms with Gasteiger partial charge in [0, 0.05) is 12.8 Å². The molecule has 3 N–H and O–H groups in total. The molecule has 2 atom stereocenters. The molecule has 0 aromatic heterocycles. The Morgan fingerprint density at radius 1 is 0.346 bits per heavy atom. The number of esters is 1. The van der Waals surface area contributed by atoms with E-state index in [0.717, 1.165) is 38.5 Å². The van der Waals surface area contributed by atoms with E-state index < -0.39 is 12.1 Å². The molecule has 0 spiro atoms. The molecular weight excluding hydrogens is 959 g/mol. The highest BCUT2D eigenvalue weighted by molar-refractivity contribution is 5.76. The van der Waals surface area contributed by atoms with Crippen molar-refractivity contribution in [2.24, 2.45) is 0 Å². The van der Waals surface area contributed by atoms with Gasteiger partial charge in [-0.3, -0.25) is 9.59 Å². The molecule has 78 heavy (non-hydrogen) atoms. The van der Waals surface area contributed by atoms with Gasteiger partial charge in [-0.1, -0.05) is 360 Å². The summed E-state index contributed by atoms with van der Waals surface area (Å²) in [5, 5.41) is 23.4. The highest BCUT2D eigenvalue weighted by Gasteiger charge is 2.20. The highest BCUT2D eigenvalue weighted by atomic mass is 16.5. The van der Waals surface area contributed by atoms with E-state index >= 15 is 0 Å². The fraction of sp³-hybridized carbons (Fsp3) is 0.944. The second kappa shape index (κ2) is 68.1. The minimum absolute atomic E-state index is 0.0177. The number of carbonyl (C=O) groups excluding carboxylic acids is 2. The monoisotopic (exact) mass is 1100 g/mol. The van der Waals surface area contributed by atoms with E-state index in [2.05, 4.69) is 31.3 Å². The summed E-state index contributed by atoms with van der Waals surface area (Å²) in [6.45, 7) is 5.00. The van der Waals surface area contributed by atoms with Gasteiger partial charge in [-0.2, -0.15) is 0 Å². The molecule has 0 radical (unpaired) electrons. The molecule has 0 aliphatic rings. The smallest absolute Gasteiger partial charge is 0.305 e. The second-order valence-corrected chi connectivity index (χ2v) is 24.9. The maximum Gasteiger partial charge on any atom is 0.305 e. The van der Waals surface area contributed by atoms with Crippen molar-refractivity contribution < 1.29 is 24.5 Å². The van der Waals surface area contributed by atoms with Gasteiger partial charge < -0.3 is 20.3 Å². The third kappa shape index (κ3) is 63.8. The number of nitrogens with one attached hydrogen (secondary N) is 1. The summed E-state index contributed by atoms with van der Waals surface area (Å²) in [5.41, 5.74) is 0. The highest BCUT2D eigenvalue weighted by Crippen LogP contribution is 2.19. The topological polar surface area (TPSA) is 95.9 Å². The lowest BCUT2D eigenvalue weighted by Gasteiger charge is -2.22. The Morgan fingerprint density at radius 3 is 0.910 bits per heavy atom. The van der Waals surface area contributed by atoms with Crippen molar-refractivity contribution in [3.05, 3.63) is 12.2 Å². The van der Waals surface area contributed by atoms with Gasteiger partial charge in [-0.25, -0.2) is 0 Å². The first-order valence-electron chi connectivity index (χ1n) is 35.9. The van der Waals surface area contributed by atoms with Crippen molar-refractivity contribution in [3.8, 4) is 0 Å². The molecule has 0 aromatic carbocycles. The summed E-state index contributed by atoms with van der Waals surface area (Å²) >= 11 is 0. The quantitative estimate of drug-likeness (QED) is 0.0320. The third-order valence-electron chi connectivity index (χ3n) is 17.1. The van der Waals surface area contributed by atoms with Crippen LogP contribution in [0.1, 0.15) is 412 Å². The number of carbonyl (C=O) groups is 2. The van der Waals surface area contributed by atoms with E-state index in [1.807, 2.05) is 0 Å². The number of amides is 1. The Labute approximate surface area is 489 Å². The van der Waals surface area contributed by atoms with Crippen LogP contribution in [-0.4, -0.2) is 47.4 Å². The summed E-state index contributed by atoms with van der Waals surface area (Å²) in [6, 6.07) is -0.543. The van der Waals surface area contributed by atoms with Crippen molar-refractivity contribution in [1.29, 1.82) is 0 Å². The van der Waals surface area contributed by atoms with E-state index in [4.69, 9.17) is 4.74 Å². The Balaban J connectivity index is 3.38. The van der Waals surface area contributed by atoms with Crippen LogP contribution in [0.4, 0.5) is 0 Å². The van der Waals surface area contributed by atoms with Crippen LogP contribution in [0.2, 0.25) is 0 Å². The molecule has 0 saturated carbocycles. The zero-order valence-electron chi connectivity index (χ0n) is 53.2. The molecular formula is C72H141NO5. The van der Waals surface area contributed by atoms with Crippen molar-refractivity contribution in [3.63, 3.8) is 0 Å². The minimum Gasteiger partial charge on any atom is -0.466 e. The van der Waals surface area contributed by atoms with Crippen molar-refractivity contribution in [1.82, 2.24) is 5.32 Å². The first-order valence-corrected chi connectivity index (χ1v) is 35.9. The van der Waals surface area contributed by atoms with Crippen LogP contribution in [-0.2, 0) is 14.3 Å². The normalized spacial score (nSPS) is 12.5. The molecule has 0 saturated heterocycles. The van der Waals surface area contributed by atoms with Crippen LogP contribution in [0.25, 0.3) is 0 Å². The van der Waals surface area contributed by atoms with Gasteiger partial charge in [-0.15, -0.1) is 0 Å². The zero-order chi connectivity index (χ0) is 56.4. The Morgan fingerprint density at radius 2 is 0.603 bits per heavy atom. The number of hydrogen-bond donors (Lipinski definition) is 3. The number of aliphatic hydroxyl groups is 2. The molecule has 0 aromatic rings. The Bertz CT molecular complexity index is 1180. The summed E-state index contributed by atoms with van der Waals surface area (Å²) in [4.78, 5) is 24.6. The Hall–Kier alpha value is -1.40. The third-order valence-corrected chi connectivity index (χ3v) is 17.1. The van der Waals surface area contributed by atoms with Gasteiger partial charge in [0.05, 0.1) is 25.4 Å². The number of hydrogen-bond acceptors (Lipinski definition) is 5. The molecule has 0 aliphatic heterocycles. The van der Waals surface area contributed by atoms with Crippen LogP contribution in [0, 0.1) is 0 Å². The van der Waals surface area contributed by atoms with Crippen molar-refractivity contribution in [2.75, 3.05) is 13.2 Å². The van der Waals surface area contributed by atoms with Gasteiger partial charge in [0.25, 0.3) is 0 Å². The lowest BCUT2D eigenvalue weighted by Crippen LogP contribution is -2.45. The van der Waals surface area contributed by atoms with Gasteiger partial charge in [-0.05, 0) is 51.4 Å². The number of unbranched alkanes of at least 4 members (excludes halogenated alkanes) is 55. The summed E-state index contributed by atoms with van der Waals surface area (Å²) in [6.07, 6.45) is 84.0. The molecule has 0 rings (SSSR count). The minimum atomic E-state index is -0.666. The van der Waals surface area contributed by atoms with E-state index in [1.165, 1.54) is 340 Å². The first kappa shape index (κ1) is 76.6. The van der Waals surface area contributed by atoms with Gasteiger partial charge in [0.15, 0.2) is 0 Å². The maximum absolute atomic E-state index is 12.5. The number of aliphatic hydroxyl groups excluding tert-OH is 2. The predicted octanol–water partition coefficient (Wildman–Crippen LogP) is 23.1. The Kier molecular flexibility index (Phi) is 66.9. The molecule has 2 unspecified atom stereocenters. The number of allylic oxidation sites excluding steroid dienone is 2. The van der Waals surface area contributed by atoms with Crippen LogP contribution >= 0.6 is 0 Å². The average Bonchev–Trinajstić information content (AvgIpc) is 3.44. The molecule has 0 aliphatic carbocycles. The molecule has 6 nitrogen and oxygen atoms in total. The fourth-order valence-corrected chi connectivity index (χ4v) is 11.6. The van der Waals surface area contributed by atoms with E-state index in [-0.39, 0.29) is 18.5 Å². The first-order chi connectivity index (χ1) is 38.5. The molecule has 1 amide bonds. The van der Waals surface area contributed by atoms with Crippen LogP contribution in [0.5, 0.6) is 0 Å². The standard InChI is InChI=1S/C72H141NO5/c1-3-5-7-9-11-13-15-17-19-20-21-28-31-34-37-40-44-48-52-56-60-64-70(75)69(68-74)73-71(76)65-61-57-53-49-45-41-38-35-32-29-26-24-22-23-25-27-30-33-36-39-43-47-51-55-59-63-67-78-72(77)66-62-58-54-50-46-42-18-16-14-12-10-8-6-4-2/h22,24,69-70,74-75H,3-21,23,25-68H2,1-2H3,(H,73,76)/b24-22-. The second-order valence-electron chi connectivity index (χ2n) is 24.9. The summed E-state index contributed by atoms with van der Waals surface area (Å²) < 4.78 is 5.49. The molecule has 464 valence electrons. The molecule has 0 bridgehead atoms. The molecule has 0 fully saturated rings. The predicted molar refractivity (Wildman–Crippen MR) is 343 cm³/mol. The SMILES string of the molecule is CCCCCCCCCCCCCCCCCCCCCCCC(O)C(CO)NC(=O)CCCCCCCCCCCC/C=C\CCCCCCCCCCCCCCOC(=O)CCCCCCCCCCCCCCCC. The summed E-state index contributed by atoms with van der Waals surface area (Å²) in [5.74, 6) is -0.0141. The molecule has 0 heterocycles. The van der Waals surface area contributed by atoms with Gasteiger partial charge in [0.1, 0.15) is 0 Å². The summed E-state index contributed by atoms with van der Waals surface area (Å²) in [7, 11) is 0. The van der Waals surface area contributed by atoms with E-state index in [9.17, 15) is 19.8 Å². The fourth-order valence-electron chi connectivity index (χ4n) is 11.6.